The maximum Gasteiger partial charge on any atom is 0.340 e. The maximum absolute atomic E-state index is 11.9. The van der Waals surface area contributed by atoms with E-state index in [0.29, 0.717) is 35.7 Å². The molecule has 0 aliphatic carbocycles. The summed E-state index contributed by atoms with van der Waals surface area (Å²) in [6, 6.07) is 13.7. The summed E-state index contributed by atoms with van der Waals surface area (Å²) in [7, 11) is 0. The molecule has 2 rings (SSSR count). The van der Waals surface area contributed by atoms with Gasteiger partial charge in [0.1, 0.15) is 0 Å². The Labute approximate surface area is 153 Å². The van der Waals surface area contributed by atoms with Crippen molar-refractivity contribution in [1.29, 1.82) is 0 Å². The van der Waals surface area contributed by atoms with Crippen molar-refractivity contribution in [2.75, 3.05) is 24.7 Å². The van der Waals surface area contributed by atoms with Crippen molar-refractivity contribution < 1.29 is 19.1 Å². The highest BCUT2D eigenvalue weighted by Gasteiger charge is 2.11. The number of nitrogen functional groups attached to an aromatic ring is 2. The van der Waals surface area contributed by atoms with E-state index in [9.17, 15) is 9.59 Å². The van der Waals surface area contributed by atoms with Crippen LogP contribution in [0.1, 0.15) is 46.4 Å². The standard InChI is InChI=1S/C20H24N2O4/c21-17-11-5-3-9-15(17)19(23)25-13-7-1-2-8-14-26-20(24)16-10-4-6-12-18(16)22/h3-6,9-12H,1-2,7-8,13-14,21-22H2. The van der Waals surface area contributed by atoms with E-state index in [1.807, 2.05) is 0 Å². The second-order valence-corrected chi connectivity index (χ2v) is 5.86. The number of hydrogen-bond acceptors (Lipinski definition) is 6. The molecule has 0 aliphatic rings. The number of nitrogens with two attached hydrogens (primary N) is 2. The Hall–Kier alpha value is -3.02. The number of carbonyl (C=O) groups excluding carboxylic acids is 2. The molecule has 0 spiro atoms. The lowest BCUT2D eigenvalue weighted by Crippen LogP contribution is -2.10. The number of hydrogen-bond donors (Lipinski definition) is 2. The summed E-state index contributed by atoms with van der Waals surface area (Å²) in [6.45, 7) is 0.682. The fourth-order valence-corrected chi connectivity index (χ4v) is 2.41. The fourth-order valence-electron chi connectivity index (χ4n) is 2.41. The average molecular weight is 356 g/mol. The van der Waals surface area contributed by atoms with Gasteiger partial charge in [-0.25, -0.2) is 9.59 Å². The van der Waals surface area contributed by atoms with E-state index >= 15 is 0 Å². The number of carbonyl (C=O) groups is 2. The molecule has 0 saturated carbocycles. The number of benzene rings is 2. The quantitative estimate of drug-likeness (QED) is 0.405. The number of anilines is 2. The molecule has 6 nitrogen and oxygen atoms in total. The second kappa shape index (κ2) is 10.1. The molecular formula is C20H24N2O4. The summed E-state index contributed by atoms with van der Waals surface area (Å²) < 4.78 is 10.4. The van der Waals surface area contributed by atoms with Gasteiger partial charge in [0.15, 0.2) is 0 Å². The summed E-state index contributed by atoms with van der Waals surface area (Å²) in [6.07, 6.45) is 3.25. The highest BCUT2D eigenvalue weighted by atomic mass is 16.5. The molecule has 0 unspecified atom stereocenters. The highest BCUT2D eigenvalue weighted by Crippen LogP contribution is 2.13. The highest BCUT2D eigenvalue weighted by molar-refractivity contribution is 5.95. The minimum Gasteiger partial charge on any atom is -0.462 e. The Morgan fingerprint density at radius 2 is 1.04 bits per heavy atom. The first-order valence-corrected chi connectivity index (χ1v) is 8.63. The first kappa shape index (κ1) is 19.3. The van der Waals surface area contributed by atoms with Crippen molar-refractivity contribution in [3.05, 3.63) is 59.7 Å². The van der Waals surface area contributed by atoms with Crippen molar-refractivity contribution in [3.63, 3.8) is 0 Å². The monoisotopic (exact) mass is 356 g/mol. The predicted molar refractivity (Wildman–Crippen MR) is 101 cm³/mol. The number of ether oxygens (including phenoxy) is 2. The van der Waals surface area contributed by atoms with Gasteiger partial charge >= 0.3 is 11.9 Å². The Morgan fingerprint density at radius 3 is 1.42 bits per heavy atom. The molecule has 6 heteroatoms. The molecule has 0 bridgehead atoms. The van der Waals surface area contributed by atoms with Crippen LogP contribution in [0.15, 0.2) is 48.5 Å². The average Bonchev–Trinajstić information content (AvgIpc) is 2.64. The smallest absolute Gasteiger partial charge is 0.340 e. The molecule has 0 aromatic heterocycles. The number of unbranched alkanes of at least 4 members (excludes halogenated alkanes) is 3. The summed E-state index contributed by atoms with van der Waals surface area (Å²) in [5, 5.41) is 0. The summed E-state index contributed by atoms with van der Waals surface area (Å²) >= 11 is 0. The van der Waals surface area contributed by atoms with Gasteiger partial charge in [-0.15, -0.1) is 0 Å². The van der Waals surface area contributed by atoms with Crippen molar-refractivity contribution in [3.8, 4) is 0 Å². The predicted octanol–water partition coefficient (Wildman–Crippen LogP) is 3.43. The van der Waals surface area contributed by atoms with E-state index in [-0.39, 0.29) is 0 Å². The zero-order chi connectivity index (χ0) is 18.8. The Morgan fingerprint density at radius 1 is 0.654 bits per heavy atom. The van der Waals surface area contributed by atoms with Crippen LogP contribution in [0, 0.1) is 0 Å². The van der Waals surface area contributed by atoms with Gasteiger partial charge in [-0.3, -0.25) is 0 Å². The summed E-state index contributed by atoms with van der Waals surface area (Å²) in [5.74, 6) is -0.810. The first-order valence-electron chi connectivity index (χ1n) is 8.63. The van der Waals surface area contributed by atoms with E-state index in [1.54, 1.807) is 48.5 Å². The van der Waals surface area contributed by atoms with Crippen LogP contribution in [0.5, 0.6) is 0 Å². The Balaban J connectivity index is 1.55. The minimum absolute atomic E-state index is 0.341. The van der Waals surface area contributed by atoms with Gasteiger partial charge in [0.25, 0.3) is 0 Å². The van der Waals surface area contributed by atoms with Crippen LogP contribution in [0.4, 0.5) is 11.4 Å². The van der Waals surface area contributed by atoms with Crippen molar-refractivity contribution in [2.45, 2.75) is 25.7 Å². The SMILES string of the molecule is Nc1ccccc1C(=O)OCCCCCCOC(=O)c1ccccc1N. The van der Waals surface area contributed by atoms with Gasteiger partial charge < -0.3 is 20.9 Å². The topological polar surface area (TPSA) is 105 Å². The zero-order valence-corrected chi connectivity index (χ0v) is 14.6. The lowest BCUT2D eigenvalue weighted by Gasteiger charge is -2.08. The normalized spacial score (nSPS) is 10.3. The molecule has 26 heavy (non-hydrogen) atoms. The van der Waals surface area contributed by atoms with Crippen LogP contribution in [0.3, 0.4) is 0 Å². The molecule has 2 aromatic rings. The van der Waals surface area contributed by atoms with Crippen LogP contribution in [-0.4, -0.2) is 25.2 Å². The molecule has 0 radical (unpaired) electrons. The van der Waals surface area contributed by atoms with Crippen LogP contribution in [-0.2, 0) is 9.47 Å². The Kier molecular flexibility index (Phi) is 7.49. The summed E-state index contributed by atoms with van der Waals surface area (Å²) in [4.78, 5) is 23.7. The van der Waals surface area contributed by atoms with Crippen LogP contribution >= 0.6 is 0 Å². The third kappa shape index (κ3) is 5.81. The van der Waals surface area contributed by atoms with E-state index in [4.69, 9.17) is 20.9 Å². The molecule has 0 fully saturated rings. The minimum atomic E-state index is -0.405. The van der Waals surface area contributed by atoms with Gasteiger partial charge in [0.05, 0.1) is 24.3 Å². The lowest BCUT2D eigenvalue weighted by atomic mass is 10.2. The van der Waals surface area contributed by atoms with Crippen molar-refractivity contribution in [2.24, 2.45) is 0 Å². The van der Waals surface area contributed by atoms with Gasteiger partial charge in [0.2, 0.25) is 0 Å². The van der Waals surface area contributed by atoms with Crippen LogP contribution in [0.2, 0.25) is 0 Å². The third-order valence-corrected chi connectivity index (χ3v) is 3.87. The zero-order valence-electron chi connectivity index (χ0n) is 14.6. The maximum atomic E-state index is 11.9. The van der Waals surface area contributed by atoms with E-state index in [0.717, 1.165) is 25.7 Å². The molecular weight excluding hydrogens is 332 g/mol. The first-order chi connectivity index (χ1) is 12.6. The van der Waals surface area contributed by atoms with Gasteiger partial charge in [-0.2, -0.15) is 0 Å². The number of para-hydroxylation sites is 2. The molecule has 0 atom stereocenters. The molecule has 4 N–H and O–H groups in total. The number of rotatable bonds is 9. The van der Waals surface area contributed by atoms with Gasteiger partial charge in [-0.05, 0) is 49.9 Å². The Bertz CT molecular complexity index is 683. The fraction of sp³-hybridized carbons (Fsp3) is 0.300. The van der Waals surface area contributed by atoms with Crippen molar-refractivity contribution in [1.82, 2.24) is 0 Å². The molecule has 0 aliphatic heterocycles. The van der Waals surface area contributed by atoms with E-state index in [1.165, 1.54) is 0 Å². The largest absolute Gasteiger partial charge is 0.462 e. The molecule has 0 amide bonds. The molecule has 2 aromatic carbocycles. The summed E-state index contributed by atoms with van der Waals surface area (Å²) in [5.41, 5.74) is 13.1. The third-order valence-electron chi connectivity index (χ3n) is 3.87. The molecule has 138 valence electrons. The molecule has 0 heterocycles. The number of esters is 2. The van der Waals surface area contributed by atoms with Gasteiger partial charge in [-0.1, -0.05) is 24.3 Å². The van der Waals surface area contributed by atoms with Crippen LogP contribution in [0.25, 0.3) is 0 Å². The van der Waals surface area contributed by atoms with E-state index < -0.39 is 11.9 Å². The second-order valence-electron chi connectivity index (χ2n) is 5.86. The van der Waals surface area contributed by atoms with Crippen LogP contribution < -0.4 is 11.5 Å². The lowest BCUT2D eigenvalue weighted by molar-refractivity contribution is 0.0475. The van der Waals surface area contributed by atoms with Crippen molar-refractivity contribution >= 4 is 23.3 Å². The van der Waals surface area contributed by atoms with Gasteiger partial charge in [0, 0.05) is 11.4 Å². The molecule has 0 saturated heterocycles. The van der Waals surface area contributed by atoms with E-state index in [2.05, 4.69) is 0 Å².